The molecule has 1 aliphatic heterocycles. The molecule has 0 radical (unpaired) electrons. The summed E-state index contributed by atoms with van der Waals surface area (Å²) in [6, 6.07) is 5.33. The van der Waals surface area contributed by atoms with Gasteiger partial charge < -0.3 is 5.32 Å². The third-order valence-electron chi connectivity index (χ3n) is 3.23. The molecule has 1 heterocycles. The van der Waals surface area contributed by atoms with Gasteiger partial charge in [0.1, 0.15) is 5.82 Å². The van der Waals surface area contributed by atoms with E-state index < -0.39 is 15.8 Å². The van der Waals surface area contributed by atoms with Crippen molar-refractivity contribution in [1.29, 1.82) is 0 Å². The van der Waals surface area contributed by atoms with Crippen LogP contribution in [0.25, 0.3) is 0 Å². The standard InChI is InChI=1S/C12H17FN2O2S/c1-14-11-5-3-7-15(9-11)18(16,17)12-6-2-4-10(13)8-12/h2,4,6,8,11,14H,3,5,7,9H2,1H3/t11-/m1/s1. The molecule has 0 amide bonds. The van der Waals surface area contributed by atoms with Gasteiger partial charge >= 0.3 is 0 Å². The first-order chi connectivity index (χ1) is 8.54. The van der Waals surface area contributed by atoms with Crippen LogP contribution in [-0.4, -0.2) is 38.9 Å². The molecule has 1 saturated heterocycles. The van der Waals surface area contributed by atoms with Crippen molar-refractivity contribution in [2.45, 2.75) is 23.8 Å². The van der Waals surface area contributed by atoms with E-state index in [-0.39, 0.29) is 10.9 Å². The molecule has 0 aromatic heterocycles. The Morgan fingerprint density at radius 3 is 2.89 bits per heavy atom. The van der Waals surface area contributed by atoms with Gasteiger partial charge in [0, 0.05) is 19.1 Å². The van der Waals surface area contributed by atoms with Crippen molar-refractivity contribution in [2.75, 3.05) is 20.1 Å². The number of piperidine rings is 1. The van der Waals surface area contributed by atoms with Gasteiger partial charge in [-0.1, -0.05) is 6.07 Å². The molecule has 1 fully saturated rings. The SMILES string of the molecule is CN[C@@H]1CCCN(S(=O)(=O)c2cccc(F)c2)C1. The minimum atomic E-state index is -3.57. The zero-order valence-electron chi connectivity index (χ0n) is 10.3. The number of rotatable bonds is 3. The van der Waals surface area contributed by atoms with Gasteiger partial charge in [0.05, 0.1) is 4.90 Å². The van der Waals surface area contributed by atoms with E-state index in [1.807, 2.05) is 7.05 Å². The predicted molar refractivity (Wildman–Crippen MR) is 67.2 cm³/mol. The Labute approximate surface area is 107 Å². The van der Waals surface area contributed by atoms with Crippen molar-refractivity contribution < 1.29 is 12.8 Å². The van der Waals surface area contributed by atoms with Crippen LogP contribution in [0.3, 0.4) is 0 Å². The van der Waals surface area contributed by atoms with Crippen LogP contribution in [0, 0.1) is 5.82 Å². The van der Waals surface area contributed by atoms with Crippen molar-refractivity contribution >= 4 is 10.0 Å². The van der Waals surface area contributed by atoms with Crippen LogP contribution in [0.5, 0.6) is 0 Å². The molecule has 100 valence electrons. The van der Waals surface area contributed by atoms with Crippen molar-refractivity contribution in [1.82, 2.24) is 9.62 Å². The number of likely N-dealkylation sites (N-methyl/N-ethyl adjacent to an activating group) is 1. The highest BCUT2D eigenvalue weighted by Gasteiger charge is 2.29. The summed E-state index contributed by atoms with van der Waals surface area (Å²) in [6.45, 7) is 0.937. The van der Waals surface area contributed by atoms with E-state index in [2.05, 4.69) is 5.32 Å². The van der Waals surface area contributed by atoms with Gasteiger partial charge in [-0.25, -0.2) is 12.8 Å². The summed E-state index contributed by atoms with van der Waals surface area (Å²) in [7, 11) is -1.75. The summed E-state index contributed by atoms with van der Waals surface area (Å²) in [4.78, 5) is 0.0271. The zero-order valence-corrected chi connectivity index (χ0v) is 11.1. The van der Waals surface area contributed by atoms with Gasteiger partial charge in [-0.05, 0) is 38.1 Å². The van der Waals surface area contributed by atoms with Gasteiger partial charge in [-0.2, -0.15) is 4.31 Å². The Morgan fingerprint density at radius 1 is 1.44 bits per heavy atom. The van der Waals surface area contributed by atoms with Crippen molar-refractivity contribution in [3.63, 3.8) is 0 Å². The smallest absolute Gasteiger partial charge is 0.243 e. The van der Waals surface area contributed by atoms with E-state index in [1.165, 1.54) is 22.5 Å². The number of hydrogen-bond donors (Lipinski definition) is 1. The summed E-state index contributed by atoms with van der Waals surface area (Å²) in [5.41, 5.74) is 0. The van der Waals surface area contributed by atoms with Gasteiger partial charge in [-0.3, -0.25) is 0 Å². The highest BCUT2D eigenvalue weighted by molar-refractivity contribution is 7.89. The lowest BCUT2D eigenvalue weighted by molar-refractivity contribution is 0.293. The van der Waals surface area contributed by atoms with E-state index >= 15 is 0 Å². The number of hydrogen-bond acceptors (Lipinski definition) is 3. The number of nitrogens with zero attached hydrogens (tertiary/aromatic N) is 1. The third-order valence-corrected chi connectivity index (χ3v) is 5.09. The Hall–Kier alpha value is -0.980. The molecule has 6 heteroatoms. The first-order valence-electron chi connectivity index (χ1n) is 5.97. The lowest BCUT2D eigenvalue weighted by atomic mass is 10.1. The van der Waals surface area contributed by atoms with E-state index in [4.69, 9.17) is 0 Å². The third kappa shape index (κ3) is 2.71. The summed E-state index contributed by atoms with van der Waals surface area (Å²) in [6.07, 6.45) is 1.78. The number of halogens is 1. The van der Waals surface area contributed by atoms with Crippen molar-refractivity contribution in [3.8, 4) is 0 Å². The van der Waals surface area contributed by atoms with E-state index in [9.17, 15) is 12.8 Å². The van der Waals surface area contributed by atoms with Crippen LogP contribution in [0.2, 0.25) is 0 Å². The molecule has 0 aliphatic carbocycles. The average Bonchev–Trinajstić information content (AvgIpc) is 2.39. The predicted octanol–water partition coefficient (Wildman–Crippen LogP) is 1.20. The van der Waals surface area contributed by atoms with Crippen molar-refractivity contribution in [3.05, 3.63) is 30.1 Å². The van der Waals surface area contributed by atoms with Crippen LogP contribution in [0.4, 0.5) is 4.39 Å². The molecular weight excluding hydrogens is 255 g/mol. The maximum atomic E-state index is 13.1. The Bertz CT molecular complexity index is 519. The topological polar surface area (TPSA) is 49.4 Å². The largest absolute Gasteiger partial charge is 0.316 e. The van der Waals surface area contributed by atoms with Crippen LogP contribution < -0.4 is 5.32 Å². The van der Waals surface area contributed by atoms with Crippen LogP contribution in [0.15, 0.2) is 29.2 Å². The number of benzene rings is 1. The molecule has 18 heavy (non-hydrogen) atoms. The Kier molecular flexibility index (Phi) is 3.99. The summed E-state index contributed by atoms with van der Waals surface area (Å²) >= 11 is 0. The van der Waals surface area contributed by atoms with Crippen LogP contribution >= 0.6 is 0 Å². The minimum absolute atomic E-state index is 0.0271. The maximum Gasteiger partial charge on any atom is 0.243 e. The highest BCUT2D eigenvalue weighted by Crippen LogP contribution is 2.21. The summed E-state index contributed by atoms with van der Waals surface area (Å²) in [5, 5.41) is 3.09. The first-order valence-corrected chi connectivity index (χ1v) is 7.41. The molecule has 1 N–H and O–H groups in total. The van der Waals surface area contributed by atoms with E-state index in [1.54, 1.807) is 0 Å². The molecule has 2 rings (SSSR count). The molecule has 1 aliphatic rings. The van der Waals surface area contributed by atoms with Crippen LogP contribution in [-0.2, 0) is 10.0 Å². The van der Waals surface area contributed by atoms with Gasteiger partial charge in [0.25, 0.3) is 0 Å². The second kappa shape index (κ2) is 5.34. The second-order valence-corrected chi connectivity index (χ2v) is 6.39. The summed E-state index contributed by atoms with van der Waals surface area (Å²) < 4.78 is 39.2. The van der Waals surface area contributed by atoms with Crippen LogP contribution in [0.1, 0.15) is 12.8 Å². The molecule has 4 nitrogen and oxygen atoms in total. The number of nitrogens with one attached hydrogen (secondary N) is 1. The normalized spacial score (nSPS) is 22.0. The Morgan fingerprint density at radius 2 is 2.22 bits per heavy atom. The molecule has 1 aromatic carbocycles. The molecule has 1 atom stereocenters. The lowest BCUT2D eigenvalue weighted by Crippen LogP contribution is -2.46. The zero-order chi connectivity index (χ0) is 13.2. The fraction of sp³-hybridized carbons (Fsp3) is 0.500. The first kappa shape index (κ1) is 13.5. The number of sulfonamides is 1. The fourth-order valence-electron chi connectivity index (χ4n) is 2.17. The van der Waals surface area contributed by atoms with Crippen molar-refractivity contribution in [2.24, 2.45) is 0 Å². The average molecular weight is 272 g/mol. The van der Waals surface area contributed by atoms with Gasteiger partial charge in [0.15, 0.2) is 0 Å². The summed E-state index contributed by atoms with van der Waals surface area (Å²) in [5.74, 6) is -0.529. The molecule has 0 saturated carbocycles. The second-order valence-electron chi connectivity index (χ2n) is 4.45. The monoisotopic (exact) mass is 272 g/mol. The maximum absolute atomic E-state index is 13.1. The molecule has 1 aromatic rings. The highest BCUT2D eigenvalue weighted by atomic mass is 32.2. The lowest BCUT2D eigenvalue weighted by Gasteiger charge is -2.31. The molecule has 0 bridgehead atoms. The van der Waals surface area contributed by atoms with Gasteiger partial charge in [0.2, 0.25) is 10.0 Å². The molecule has 0 spiro atoms. The fourth-order valence-corrected chi connectivity index (χ4v) is 3.73. The Balaban J connectivity index is 2.25. The minimum Gasteiger partial charge on any atom is -0.316 e. The molecule has 0 unspecified atom stereocenters. The quantitative estimate of drug-likeness (QED) is 0.899. The van der Waals surface area contributed by atoms with E-state index in [0.29, 0.717) is 13.1 Å². The van der Waals surface area contributed by atoms with E-state index in [0.717, 1.165) is 18.9 Å². The molecular formula is C12H17FN2O2S. The van der Waals surface area contributed by atoms with Gasteiger partial charge in [-0.15, -0.1) is 0 Å².